The van der Waals surface area contributed by atoms with E-state index < -0.39 is 6.09 Å². The van der Waals surface area contributed by atoms with E-state index in [0.29, 0.717) is 0 Å². The van der Waals surface area contributed by atoms with Crippen molar-refractivity contribution in [3.8, 4) is 0 Å². The third kappa shape index (κ3) is 6.48. The SMILES string of the molecule is CNC(=O)O.c1c[nH]cn1. The zero-order chi connectivity index (χ0) is 7.82. The number of aromatic nitrogens is 2. The zero-order valence-electron chi connectivity index (χ0n) is 5.53. The van der Waals surface area contributed by atoms with Gasteiger partial charge >= 0.3 is 6.09 Å². The fourth-order valence-electron chi connectivity index (χ4n) is 0.215. The number of amides is 1. The molecule has 1 aromatic rings. The van der Waals surface area contributed by atoms with E-state index in [2.05, 4.69) is 9.97 Å². The summed E-state index contributed by atoms with van der Waals surface area (Å²) in [5.74, 6) is 0. The first kappa shape index (κ1) is 8.48. The summed E-state index contributed by atoms with van der Waals surface area (Å²) < 4.78 is 0. The fourth-order valence-corrected chi connectivity index (χ4v) is 0.215. The number of imidazole rings is 1. The maximum atomic E-state index is 9.26. The van der Waals surface area contributed by atoms with Gasteiger partial charge in [-0.1, -0.05) is 0 Å². The molecule has 0 radical (unpaired) electrons. The van der Waals surface area contributed by atoms with Crippen LogP contribution in [0.25, 0.3) is 0 Å². The van der Waals surface area contributed by atoms with Crippen LogP contribution in [0.2, 0.25) is 0 Å². The van der Waals surface area contributed by atoms with Gasteiger partial charge in [0.15, 0.2) is 0 Å². The summed E-state index contributed by atoms with van der Waals surface area (Å²) in [7, 11) is 1.35. The molecule has 0 atom stereocenters. The van der Waals surface area contributed by atoms with Gasteiger partial charge in [-0.15, -0.1) is 0 Å². The van der Waals surface area contributed by atoms with E-state index in [0.717, 1.165) is 0 Å². The molecule has 3 N–H and O–H groups in total. The summed E-state index contributed by atoms with van der Waals surface area (Å²) in [5.41, 5.74) is 0. The van der Waals surface area contributed by atoms with Crippen molar-refractivity contribution in [3.63, 3.8) is 0 Å². The maximum Gasteiger partial charge on any atom is 0.404 e. The third-order valence-electron chi connectivity index (χ3n) is 0.620. The second-order valence-corrected chi connectivity index (χ2v) is 1.32. The minimum Gasteiger partial charge on any atom is -0.465 e. The Morgan fingerprint density at radius 2 is 2.40 bits per heavy atom. The standard InChI is InChI=1S/C3H4N2.C2H5NO2/c1-2-5-3-4-1;1-3-2(4)5/h1-3H,(H,4,5);3H,1H3,(H,4,5). The number of hydrogen-bond donors (Lipinski definition) is 3. The number of nitrogens with zero attached hydrogens (tertiary/aromatic N) is 1. The highest BCUT2D eigenvalue weighted by Gasteiger charge is 1.76. The van der Waals surface area contributed by atoms with Gasteiger partial charge in [0.1, 0.15) is 0 Å². The van der Waals surface area contributed by atoms with E-state index in [-0.39, 0.29) is 0 Å². The Kier molecular flexibility index (Phi) is 4.76. The molecule has 0 spiro atoms. The summed E-state index contributed by atoms with van der Waals surface area (Å²) in [5, 5.41) is 9.56. The van der Waals surface area contributed by atoms with E-state index in [1.807, 2.05) is 5.32 Å². The molecule has 0 bridgehead atoms. The highest BCUT2D eigenvalue weighted by Crippen LogP contribution is 1.62. The molecule has 1 heterocycles. The summed E-state index contributed by atoms with van der Waals surface area (Å²) in [6.07, 6.45) is 4.09. The third-order valence-corrected chi connectivity index (χ3v) is 0.620. The Balaban J connectivity index is 0.000000162. The molecule has 5 heteroatoms. The van der Waals surface area contributed by atoms with E-state index >= 15 is 0 Å². The Hall–Kier alpha value is -1.52. The molecule has 5 nitrogen and oxygen atoms in total. The summed E-state index contributed by atoms with van der Waals surface area (Å²) in [4.78, 5) is 15.7. The summed E-state index contributed by atoms with van der Waals surface area (Å²) in [6, 6.07) is 0. The Labute approximate surface area is 58.1 Å². The van der Waals surface area contributed by atoms with Crippen LogP contribution in [0.1, 0.15) is 0 Å². The number of aromatic amines is 1. The Morgan fingerprint density at radius 1 is 1.80 bits per heavy atom. The number of carboxylic acid groups (broad SMARTS) is 1. The molecule has 0 fully saturated rings. The summed E-state index contributed by atoms with van der Waals surface area (Å²) >= 11 is 0. The lowest BCUT2D eigenvalue weighted by atomic mass is 11.0. The minimum absolute atomic E-state index is 0.995. The second-order valence-electron chi connectivity index (χ2n) is 1.32. The van der Waals surface area contributed by atoms with Crippen molar-refractivity contribution in [3.05, 3.63) is 18.7 Å². The van der Waals surface area contributed by atoms with Crippen molar-refractivity contribution < 1.29 is 9.90 Å². The molecule has 0 unspecified atom stereocenters. The van der Waals surface area contributed by atoms with Crippen molar-refractivity contribution in [2.75, 3.05) is 7.05 Å². The number of carbonyl (C=O) groups is 1. The van der Waals surface area contributed by atoms with Gasteiger partial charge in [0.2, 0.25) is 0 Å². The van der Waals surface area contributed by atoms with Crippen molar-refractivity contribution in [1.82, 2.24) is 15.3 Å². The highest BCUT2D eigenvalue weighted by atomic mass is 16.4. The molecule has 1 rings (SSSR count). The van der Waals surface area contributed by atoms with E-state index in [1.54, 1.807) is 18.7 Å². The molecule has 56 valence electrons. The minimum atomic E-state index is -0.995. The van der Waals surface area contributed by atoms with Crippen LogP contribution in [0.4, 0.5) is 4.79 Å². The van der Waals surface area contributed by atoms with E-state index in [4.69, 9.17) is 5.11 Å². The monoisotopic (exact) mass is 143 g/mol. The molecular formula is C5H9N3O2. The van der Waals surface area contributed by atoms with Crippen LogP contribution >= 0.6 is 0 Å². The molecule has 0 aliphatic rings. The predicted molar refractivity (Wildman–Crippen MR) is 35.7 cm³/mol. The molecule has 0 aliphatic heterocycles. The molecule has 1 amide bonds. The lowest BCUT2D eigenvalue weighted by Gasteiger charge is -1.78. The largest absolute Gasteiger partial charge is 0.465 e. The van der Waals surface area contributed by atoms with Gasteiger partial charge in [0.25, 0.3) is 0 Å². The number of H-pyrrole nitrogens is 1. The van der Waals surface area contributed by atoms with Crippen LogP contribution in [-0.2, 0) is 0 Å². The van der Waals surface area contributed by atoms with Crippen LogP contribution in [0.5, 0.6) is 0 Å². The lowest BCUT2D eigenvalue weighted by Crippen LogP contribution is -2.13. The van der Waals surface area contributed by atoms with Crippen molar-refractivity contribution in [2.45, 2.75) is 0 Å². The smallest absolute Gasteiger partial charge is 0.404 e. The normalized spacial score (nSPS) is 7.30. The first-order valence-corrected chi connectivity index (χ1v) is 2.60. The van der Waals surface area contributed by atoms with E-state index in [9.17, 15) is 4.79 Å². The second kappa shape index (κ2) is 5.61. The van der Waals surface area contributed by atoms with Gasteiger partial charge in [-0.2, -0.15) is 0 Å². The van der Waals surface area contributed by atoms with Gasteiger partial charge in [-0.3, -0.25) is 0 Å². The van der Waals surface area contributed by atoms with Crippen LogP contribution < -0.4 is 5.32 Å². The van der Waals surface area contributed by atoms with Gasteiger partial charge in [0, 0.05) is 19.4 Å². The fraction of sp³-hybridized carbons (Fsp3) is 0.200. The first-order chi connectivity index (χ1) is 4.77. The molecule has 0 saturated heterocycles. The van der Waals surface area contributed by atoms with Crippen LogP contribution in [0, 0.1) is 0 Å². The average molecular weight is 143 g/mol. The van der Waals surface area contributed by atoms with Gasteiger partial charge in [-0.05, 0) is 0 Å². The Bertz CT molecular complexity index is 144. The molecule has 0 aromatic carbocycles. The van der Waals surface area contributed by atoms with Crippen molar-refractivity contribution in [1.29, 1.82) is 0 Å². The average Bonchev–Trinajstić information content (AvgIpc) is 2.43. The number of nitrogens with one attached hydrogen (secondary N) is 2. The van der Waals surface area contributed by atoms with Gasteiger partial charge in [0.05, 0.1) is 6.33 Å². The van der Waals surface area contributed by atoms with Gasteiger partial charge in [-0.25, -0.2) is 9.78 Å². The maximum absolute atomic E-state index is 9.26. The number of rotatable bonds is 0. The lowest BCUT2D eigenvalue weighted by molar-refractivity contribution is 0.197. The topological polar surface area (TPSA) is 78.0 Å². The summed E-state index contributed by atoms with van der Waals surface area (Å²) in [6.45, 7) is 0. The highest BCUT2D eigenvalue weighted by molar-refractivity contribution is 5.63. The van der Waals surface area contributed by atoms with E-state index in [1.165, 1.54) is 7.05 Å². The first-order valence-electron chi connectivity index (χ1n) is 2.60. The van der Waals surface area contributed by atoms with Crippen molar-refractivity contribution >= 4 is 6.09 Å². The molecule has 0 saturated carbocycles. The molecule has 10 heavy (non-hydrogen) atoms. The predicted octanol–water partition coefficient (Wildman–Crippen LogP) is 0.294. The quantitative estimate of drug-likeness (QED) is 0.488. The van der Waals surface area contributed by atoms with Gasteiger partial charge < -0.3 is 15.4 Å². The molecule has 0 aliphatic carbocycles. The van der Waals surface area contributed by atoms with Crippen LogP contribution in [0.3, 0.4) is 0 Å². The number of hydrogen-bond acceptors (Lipinski definition) is 2. The van der Waals surface area contributed by atoms with Crippen LogP contribution in [0.15, 0.2) is 18.7 Å². The Morgan fingerprint density at radius 3 is 2.50 bits per heavy atom. The molecule has 1 aromatic heterocycles. The zero-order valence-corrected chi connectivity index (χ0v) is 5.53. The molecular weight excluding hydrogens is 134 g/mol. The van der Waals surface area contributed by atoms with Crippen molar-refractivity contribution in [2.24, 2.45) is 0 Å². The van der Waals surface area contributed by atoms with Crippen LogP contribution in [-0.4, -0.2) is 28.2 Å².